The Bertz CT molecular complexity index is 123. The first-order valence-electron chi connectivity index (χ1n) is 5.94. The minimum Gasteiger partial charge on any atom is -0.303 e. The van der Waals surface area contributed by atoms with Crippen LogP contribution in [-0.4, -0.2) is 24.5 Å². The predicted molar refractivity (Wildman–Crippen MR) is 58.9 cm³/mol. The van der Waals surface area contributed by atoms with Gasteiger partial charge in [-0.3, -0.25) is 0 Å². The molecule has 1 saturated heterocycles. The Hall–Kier alpha value is -0.0400. The molecule has 1 rings (SSSR count). The van der Waals surface area contributed by atoms with Crippen molar-refractivity contribution in [3.8, 4) is 0 Å². The van der Waals surface area contributed by atoms with E-state index in [1.54, 1.807) is 0 Å². The molecule has 0 aromatic heterocycles. The predicted octanol–water partition coefficient (Wildman–Crippen LogP) is 3.15. The highest BCUT2D eigenvalue weighted by atomic mass is 15.1. The standard InChI is InChI=1S/C12H25N/c1-4-7-13-8-5-12(6-9-13)10-11(2)3/h11-12H,4-10H2,1-3H3. The molecule has 0 spiro atoms. The highest BCUT2D eigenvalue weighted by Gasteiger charge is 2.18. The van der Waals surface area contributed by atoms with Crippen LogP contribution in [0.2, 0.25) is 0 Å². The minimum atomic E-state index is 0.891. The lowest BCUT2D eigenvalue weighted by Gasteiger charge is -2.32. The second-order valence-electron chi connectivity index (χ2n) is 4.91. The summed E-state index contributed by atoms with van der Waals surface area (Å²) in [6, 6.07) is 0. The topological polar surface area (TPSA) is 3.24 Å². The van der Waals surface area contributed by atoms with E-state index in [2.05, 4.69) is 25.7 Å². The van der Waals surface area contributed by atoms with E-state index in [1.807, 2.05) is 0 Å². The number of nitrogens with zero attached hydrogens (tertiary/aromatic N) is 1. The molecule has 0 aromatic carbocycles. The molecule has 1 nitrogen and oxygen atoms in total. The molecule has 0 saturated carbocycles. The first-order valence-corrected chi connectivity index (χ1v) is 5.94. The van der Waals surface area contributed by atoms with Gasteiger partial charge in [-0.25, -0.2) is 0 Å². The van der Waals surface area contributed by atoms with Gasteiger partial charge in [0, 0.05) is 0 Å². The van der Waals surface area contributed by atoms with Gasteiger partial charge in [0.1, 0.15) is 0 Å². The molecule has 0 radical (unpaired) electrons. The molecule has 0 unspecified atom stereocenters. The van der Waals surface area contributed by atoms with Crippen molar-refractivity contribution in [3.05, 3.63) is 0 Å². The largest absolute Gasteiger partial charge is 0.303 e. The van der Waals surface area contributed by atoms with E-state index < -0.39 is 0 Å². The highest BCUT2D eigenvalue weighted by Crippen LogP contribution is 2.23. The first-order chi connectivity index (χ1) is 6.22. The van der Waals surface area contributed by atoms with E-state index in [4.69, 9.17) is 0 Å². The fourth-order valence-corrected chi connectivity index (χ4v) is 2.43. The lowest BCUT2D eigenvalue weighted by molar-refractivity contribution is 0.171. The molecule has 0 aliphatic carbocycles. The van der Waals surface area contributed by atoms with Gasteiger partial charge in [0.25, 0.3) is 0 Å². The third-order valence-electron chi connectivity index (χ3n) is 3.05. The van der Waals surface area contributed by atoms with E-state index in [0.717, 1.165) is 11.8 Å². The molecule has 1 fully saturated rings. The Morgan fingerprint density at radius 3 is 2.31 bits per heavy atom. The number of hydrogen-bond acceptors (Lipinski definition) is 1. The summed E-state index contributed by atoms with van der Waals surface area (Å²) in [5, 5.41) is 0. The van der Waals surface area contributed by atoms with Crippen LogP contribution in [0.1, 0.15) is 46.5 Å². The third-order valence-corrected chi connectivity index (χ3v) is 3.05. The van der Waals surface area contributed by atoms with E-state index in [-0.39, 0.29) is 0 Å². The van der Waals surface area contributed by atoms with Crippen molar-refractivity contribution in [2.45, 2.75) is 46.5 Å². The van der Waals surface area contributed by atoms with Crippen LogP contribution in [-0.2, 0) is 0 Å². The second-order valence-corrected chi connectivity index (χ2v) is 4.91. The summed E-state index contributed by atoms with van der Waals surface area (Å²) in [4.78, 5) is 2.62. The number of hydrogen-bond donors (Lipinski definition) is 0. The Morgan fingerprint density at radius 1 is 1.23 bits per heavy atom. The van der Waals surface area contributed by atoms with Crippen LogP contribution in [0.15, 0.2) is 0 Å². The number of rotatable bonds is 4. The maximum Gasteiger partial charge on any atom is -0.00161 e. The fraction of sp³-hybridized carbons (Fsp3) is 1.00. The van der Waals surface area contributed by atoms with Gasteiger partial charge in [-0.2, -0.15) is 0 Å². The van der Waals surface area contributed by atoms with Crippen LogP contribution < -0.4 is 0 Å². The summed E-state index contributed by atoms with van der Waals surface area (Å²) in [6.45, 7) is 11.0. The quantitative estimate of drug-likeness (QED) is 0.647. The molecule has 1 aliphatic heterocycles. The molecule has 13 heavy (non-hydrogen) atoms. The lowest BCUT2D eigenvalue weighted by Crippen LogP contribution is -2.34. The summed E-state index contributed by atoms with van der Waals surface area (Å²) in [5.74, 6) is 1.91. The van der Waals surface area contributed by atoms with Gasteiger partial charge in [0.2, 0.25) is 0 Å². The van der Waals surface area contributed by atoms with Gasteiger partial charge in [-0.05, 0) is 57.2 Å². The zero-order chi connectivity index (χ0) is 9.68. The second kappa shape index (κ2) is 5.64. The number of piperidine rings is 1. The molecule has 0 atom stereocenters. The van der Waals surface area contributed by atoms with Crippen LogP contribution in [0.25, 0.3) is 0 Å². The van der Waals surface area contributed by atoms with Crippen LogP contribution >= 0.6 is 0 Å². The Balaban J connectivity index is 2.15. The zero-order valence-corrected chi connectivity index (χ0v) is 9.55. The highest BCUT2D eigenvalue weighted by molar-refractivity contribution is 4.72. The molecular formula is C12H25N. The van der Waals surface area contributed by atoms with Gasteiger partial charge in [0.15, 0.2) is 0 Å². The fourth-order valence-electron chi connectivity index (χ4n) is 2.43. The molecule has 0 aromatic rings. The number of likely N-dealkylation sites (tertiary alicyclic amines) is 1. The van der Waals surface area contributed by atoms with E-state index in [9.17, 15) is 0 Å². The molecular weight excluding hydrogens is 158 g/mol. The van der Waals surface area contributed by atoms with Crippen LogP contribution in [0.5, 0.6) is 0 Å². The van der Waals surface area contributed by atoms with Crippen molar-refractivity contribution in [1.82, 2.24) is 4.90 Å². The Kier molecular flexibility index (Phi) is 4.79. The van der Waals surface area contributed by atoms with Crippen LogP contribution in [0, 0.1) is 11.8 Å². The minimum absolute atomic E-state index is 0.891. The van der Waals surface area contributed by atoms with Crippen molar-refractivity contribution in [1.29, 1.82) is 0 Å². The van der Waals surface area contributed by atoms with Crippen molar-refractivity contribution in [3.63, 3.8) is 0 Å². The van der Waals surface area contributed by atoms with Crippen LogP contribution in [0.3, 0.4) is 0 Å². The zero-order valence-electron chi connectivity index (χ0n) is 9.55. The van der Waals surface area contributed by atoms with Gasteiger partial charge in [-0.1, -0.05) is 20.8 Å². The average molecular weight is 183 g/mol. The maximum atomic E-state index is 2.62. The van der Waals surface area contributed by atoms with Gasteiger partial charge >= 0.3 is 0 Å². The molecule has 1 aliphatic rings. The normalized spacial score (nSPS) is 21.2. The molecule has 78 valence electrons. The average Bonchev–Trinajstić information content (AvgIpc) is 2.08. The Morgan fingerprint density at radius 2 is 1.85 bits per heavy atom. The van der Waals surface area contributed by atoms with Crippen molar-refractivity contribution in [2.75, 3.05) is 19.6 Å². The summed E-state index contributed by atoms with van der Waals surface area (Å²) < 4.78 is 0. The van der Waals surface area contributed by atoms with E-state index in [0.29, 0.717) is 0 Å². The van der Waals surface area contributed by atoms with Gasteiger partial charge in [0.05, 0.1) is 0 Å². The summed E-state index contributed by atoms with van der Waals surface area (Å²) in [5.41, 5.74) is 0. The monoisotopic (exact) mass is 183 g/mol. The maximum absolute atomic E-state index is 2.62. The lowest BCUT2D eigenvalue weighted by atomic mass is 9.88. The van der Waals surface area contributed by atoms with Crippen molar-refractivity contribution < 1.29 is 0 Å². The summed E-state index contributed by atoms with van der Waals surface area (Å²) >= 11 is 0. The van der Waals surface area contributed by atoms with E-state index >= 15 is 0 Å². The summed E-state index contributed by atoms with van der Waals surface area (Å²) in [7, 11) is 0. The summed E-state index contributed by atoms with van der Waals surface area (Å²) in [6.07, 6.45) is 5.64. The smallest absolute Gasteiger partial charge is 0.00161 e. The molecule has 1 heteroatoms. The Labute approximate surface area is 83.5 Å². The molecule has 0 bridgehead atoms. The third kappa shape index (κ3) is 4.12. The molecule has 1 heterocycles. The van der Waals surface area contributed by atoms with E-state index in [1.165, 1.54) is 45.3 Å². The van der Waals surface area contributed by atoms with Crippen molar-refractivity contribution >= 4 is 0 Å². The van der Waals surface area contributed by atoms with Gasteiger partial charge < -0.3 is 4.90 Å². The SMILES string of the molecule is CCCN1CCC(CC(C)C)CC1. The van der Waals surface area contributed by atoms with Gasteiger partial charge in [-0.15, -0.1) is 0 Å². The first kappa shape index (κ1) is 11.0. The molecule has 0 N–H and O–H groups in total. The molecule has 0 amide bonds. The van der Waals surface area contributed by atoms with Crippen LogP contribution in [0.4, 0.5) is 0 Å². The van der Waals surface area contributed by atoms with Crippen molar-refractivity contribution in [2.24, 2.45) is 11.8 Å².